The van der Waals surface area contributed by atoms with Crippen LogP contribution in [0, 0.1) is 11.8 Å². The minimum atomic E-state index is -0.839. The highest BCUT2D eigenvalue weighted by Gasteiger charge is 2.38. The average molecular weight is 258 g/mol. The quantitative estimate of drug-likeness (QED) is 0.780. The largest absolute Gasteiger partial charge is 0.481 e. The van der Waals surface area contributed by atoms with Crippen LogP contribution >= 0.6 is 0 Å². The zero-order valence-electron chi connectivity index (χ0n) is 11.4. The minimum Gasteiger partial charge on any atom is -0.481 e. The lowest BCUT2D eigenvalue weighted by Gasteiger charge is -2.28. The first-order chi connectivity index (χ1) is 8.26. The third kappa shape index (κ3) is 3.60. The number of urea groups is 1. The van der Waals surface area contributed by atoms with Gasteiger partial charge in [-0.3, -0.25) is 4.79 Å². The van der Waals surface area contributed by atoms with Gasteiger partial charge in [-0.05, 0) is 19.8 Å². The van der Waals surface area contributed by atoms with Crippen LogP contribution < -0.4 is 5.32 Å². The molecule has 0 aromatic carbocycles. The van der Waals surface area contributed by atoms with E-state index in [2.05, 4.69) is 5.32 Å². The zero-order valence-corrected chi connectivity index (χ0v) is 11.4. The summed E-state index contributed by atoms with van der Waals surface area (Å²) in [6.45, 7) is 6.74. The highest BCUT2D eigenvalue weighted by molar-refractivity contribution is 5.78. The SMILES string of the molecule is COCC(C)(C)NC(=O)N1CC(C)C(C(=O)O)C1. The summed E-state index contributed by atoms with van der Waals surface area (Å²) in [5, 5.41) is 11.9. The highest BCUT2D eigenvalue weighted by atomic mass is 16.5. The molecule has 0 spiro atoms. The van der Waals surface area contributed by atoms with Crippen molar-refractivity contribution in [2.24, 2.45) is 11.8 Å². The molecule has 2 atom stereocenters. The van der Waals surface area contributed by atoms with Crippen molar-refractivity contribution in [2.45, 2.75) is 26.3 Å². The number of nitrogens with one attached hydrogen (secondary N) is 1. The van der Waals surface area contributed by atoms with E-state index in [-0.39, 0.29) is 18.5 Å². The molecule has 6 heteroatoms. The molecule has 0 aliphatic carbocycles. The standard InChI is InChI=1S/C12H22N2O4/c1-8-5-14(6-9(8)10(15)16)11(17)13-12(2,3)7-18-4/h8-9H,5-7H2,1-4H3,(H,13,17)(H,15,16). The summed E-state index contributed by atoms with van der Waals surface area (Å²) in [5.41, 5.74) is -0.462. The van der Waals surface area contributed by atoms with E-state index in [0.717, 1.165) is 0 Å². The molecule has 18 heavy (non-hydrogen) atoms. The van der Waals surface area contributed by atoms with E-state index in [1.54, 1.807) is 12.0 Å². The van der Waals surface area contributed by atoms with E-state index < -0.39 is 17.4 Å². The number of carboxylic acid groups (broad SMARTS) is 1. The van der Waals surface area contributed by atoms with Gasteiger partial charge >= 0.3 is 12.0 Å². The number of methoxy groups -OCH3 is 1. The number of carbonyl (C=O) groups is 2. The van der Waals surface area contributed by atoms with E-state index in [9.17, 15) is 9.59 Å². The Labute approximate surface area is 107 Å². The Hall–Kier alpha value is -1.30. The Bertz CT molecular complexity index is 330. The Morgan fingerprint density at radius 2 is 2.06 bits per heavy atom. The Balaban J connectivity index is 2.57. The molecule has 2 amide bonds. The van der Waals surface area contributed by atoms with Gasteiger partial charge in [0.05, 0.1) is 18.1 Å². The van der Waals surface area contributed by atoms with Crippen LogP contribution in [0.1, 0.15) is 20.8 Å². The summed E-state index contributed by atoms with van der Waals surface area (Å²) < 4.78 is 5.02. The summed E-state index contributed by atoms with van der Waals surface area (Å²) in [6.07, 6.45) is 0. The maximum Gasteiger partial charge on any atom is 0.317 e. The molecule has 0 bridgehead atoms. The van der Waals surface area contributed by atoms with Crippen molar-refractivity contribution >= 4 is 12.0 Å². The molecule has 0 radical (unpaired) electrons. The van der Waals surface area contributed by atoms with Crippen molar-refractivity contribution in [3.05, 3.63) is 0 Å². The molecule has 1 aliphatic heterocycles. The molecule has 1 aliphatic rings. The third-order valence-electron chi connectivity index (χ3n) is 3.17. The Morgan fingerprint density at radius 3 is 2.50 bits per heavy atom. The van der Waals surface area contributed by atoms with Gasteiger partial charge in [-0.15, -0.1) is 0 Å². The maximum atomic E-state index is 12.0. The van der Waals surface area contributed by atoms with Crippen LogP contribution in [0.2, 0.25) is 0 Å². The van der Waals surface area contributed by atoms with E-state index >= 15 is 0 Å². The smallest absolute Gasteiger partial charge is 0.317 e. The lowest BCUT2D eigenvalue weighted by atomic mass is 9.99. The number of ether oxygens (including phenoxy) is 1. The van der Waals surface area contributed by atoms with Crippen molar-refractivity contribution in [3.63, 3.8) is 0 Å². The molecule has 0 aromatic heterocycles. The molecular formula is C12H22N2O4. The normalized spacial score (nSPS) is 24.1. The number of likely N-dealkylation sites (tertiary alicyclic amines) is 1. The van der Waals surface area contributed by atoms with Gasteiger partial charge in [-0.25, -0.2) is 4.79 Å². The van der Waals surface area contributed by atoms with Crippen molar-refractivity contribution in [1.29, 1.82) is 0 Å². The first-order valence-electron chi connectivity index (χ1n) is 6.05. The fourth-order valence-electron chi connectivity index (χ4n) is 2.22. The number of carbonyl (C=O) groups excluding carboxylic acids is 1. The fourth-order valence-corrected chi connectivity index (χ4v) is 2.22. The van der Waals surface area contributed by atoms with Crippen LogP contribution in [0.5, 0.6) is 0 Å². The zero-order chi connectivity index (χ0) is 13.9. The third-order valence-corrected chi connectivity index (χ3v) is 3.17. The lowest BCUT2D eigenvalue weighted by molar-refractivity contribution is -0.142. The van der Waals surface area contributed by atoms with Crippen molar-refractivity contribution in [3.8, 4) is 0 Å². The van der Waals surface area contributed by atoms with Crippen molar-refractivity contribution in [1.82, 2.24) is 10.2 Å². The van der Waals surface area contributed by atoms with Gasteiger partial charge in [-0.1, -0.05) is 6.92 Å². The highest BCUT2D eigenvalue weighted by Crippen LogP contribution is 2.23. The lowest BCUT2D eigenvalue weighted by Crippen LogP contribution is -2.51. The summed E-state index contributed by atoms with van der Waals surface area (Å²) in [5.74, 6) is -1.32. The average Bonchev–Trinajstić information content (AvgIpc) is 2.59. The van der Waals surface area contributed by atoms with Gasteiger partial charge in [0, 0.05) is 20.2 Å². The maximum absolute atomic E-state index is 12.0. The van der Waals surface area contributed by atoms with Crippen LogP contribution in [0.4, 0.5) is 4.79 Å². The topological polar surface area (TPSA) is 78.9 Å². The van der Waals surface area contributed by atoms with Crippen LogP contribution in [0.25, 0.3) is 0 Å². The summed E-state index contributed by atoms with van der Waals surface area (Å²) >= 11 is 0. The first kappa shape index (κ1) is 14.8. The summed E-state index contributed by atoms with van der Waals surface area (Å²) in [7, 11) is 1.58. The second kappa shape index (κ2) is 5.56. The number of nitrogens with zero attached hydrogens (tertiary/aromatic N) is 1. The molecular weight excluding hydrogens is 236 g/mol. The van der Waals surface area contributed by atoms with E-state index in [1.165, 1.54) is 0 Å². The number of amides is 2. The number of carboxylic acids is 1. The number of aliphatic carboxylic acids is 1. The molecule has 6 nitrogen and oxygen atoms in total. The summed E-state index contributed by atoms with van der Waals surface area (Å²) in [4.78, 5) is 24.6. The second-order valence-corrected chi connectivity index (χ2v) is 5.57. The predicted octanol–water partition coefficient (Wildman–Crippen LogP) is 0.773. The second-order valence-electron chi connectivity index (χ2n) is 5.57. The van der Waals surface area contributed by atoms with E-state index in [1.807, 2.05) is 20.8 Å². The molecule has 1 fully saturated rings. The van der Waals surface area contributed by atoms with Gasteiger partial charge < -0.3 is 20.1 Å². The number of hydrogen-bond donors (Lipinski definition) is 2. The molecule has 1 saturated heterocycles. The molecule has 1 rings (SSSR count). The van der Waals surface area contributed by atoms with Crippen LogP contribution in [-0.2, 0) is 9.53 Å². The monoisotopic (exact) mass is 258 g/mol. The van der Waals surface area contributed by atoms with Gasteiger partial charge in [0.25, 0.3) is 0 Å². The molecule has 0 aromatic rings. The van der Waals surface area contributed by atoms with Crippen molar-refractivity contribution in [2.75, 3.05) is 26.8 Å². The van der Waals surface area contributed by atoms with E-state index in [4.69, 9.17) is 9.84 Å². The van der Waals surface area contributed by atoms with E-state index in [0.29, 0.717) is 13.2 Å². The van der Waals surface area contributed by atoms with Gasteiger partial charge in [0.15, 0.2) is 0 Å². The molecule has 1 heterocycles. The molecule has 0 saturated carbocycles. The van der Waals surface area contributed by atoms with Crippen LogP contribution in [-0.4, -0.2) is 54.4 Å². The van der Waals surface area contributed by atoms with Crippen LogP contribution in [0.3, 0.4) is 0 Å². The first-order valence-corrected chi connectivity index (χ1v) is 6.05. The van der Waals surface area contributed by atoms with Crippen LogP contribution in [0.15, 0.2) is 0 Å². The molecule has 2 N–H and O–H groups in total. The van der Waals surface area contributed by atoms with Crippen molar-refractivity contribution < 1.29 is 19.4 Å². The van der Waals surface area contributed by atoms with Gasteiger partial charge in [0.2, 0.25) is 0 Å². The molecule has 2 unspecified atom stereocenters. The fraction of sp³-hybridized carbons (Fsp3) is 0.833. The summed E-state index contributed by atoms with van der Waals surface area (Å²) in [6, 6.07) is -0.229. The number of hydrogen-bond acceptors (Lipinski definition) is 3. The number of rotatable bonds is 4. The minimum absolute atomic E-state index is 0.0150. The van der Waals surface area contributed by atoms with Gasteiger partial charge in [-0.2, -0.15) is 0 Å². The molecule has 104 valence electrons. The Morgan fingerprint density at radius 1 is 1.44 bits per heavy atom. The Kier molecular flexibility index (Phi) is 4.56. The predicted molar refractivity (Wildman–Crippen MR) is 66.3 cm³/mol. The van der Waals surface area contributed by atoms with Gasteiger partial charge in [0.1, 0.15) is 0 Å².